The zero-order valence-corrected chi connectivity index (χ0v) is 7.92. The third kappa shape index (κ3) is 1.98. The Labute approximate surface area is 80.3 Å². The predicted octanol–water partition coefficient (Wildman–Crippen LogP) is 1.83. The highest BCUT2D eigenvalue weighted by molar-refractivity contribution is 5.34. The second-order valence-corrected chi connectivity index (χ2v) is 2.79. The van der Waals surface area contributed by atoms with Gasteiger partial charge in [0.1, 0.15) is 0 Å². The summed E-state index contributed by atoms with van der Waals surface area (Å²) in [5.41, 5.74) is 0.594. The number of methoxy groups -OCH3 is 1. The maximum Gasteiger partial charge on any atom is 0.269 e. The van der Waals surface area contributed by atoms with E-state index in [4.69, 9.17) is 9.84 Å². The second kappa shape index (κ2) is 4.32. The van der Waals surface area contributed by atoms with Crippen LogP contribution in [0.1, 0.15) is 23.2 Å². The summed E-state index contributed by atoms with van der Waals surface area (Å²) in [5, 5.41) is 8.86. The van der Waals surface area contributed by atoms with E-state index >= 15 is 0 Å². The first-order valence-electron chi connectivity index (χ1n) is 4.03. The second-order valence-electron chi connectivity index (χ2n) is 2.79. The van der Waals surface area contributed by atoms with E-state index in [0.717, 1.165) is 0 Å². The number of aliphatic hydroxyl groups excluding tert-OH is 1. The molecule has 0 fully saturated rings. The lowest BCUT2D eigenvalue weighted by atomic mass is 10.1. The van der Waals surface area contributed by atoms with Gasteiger partial charge in [0, 0.05) is 5.69 Å². The van der Waals surface area contributed by atoms with Crippen LogP contribution < -0.4 is 4.74 Å². The van der Waals surface area contributed by atoms with Crippen molar-refractivity contribution in [1.82, 2.24) is 4.98 Å². The van der Waals surface area contributed by atoms with Gasteiger partial charge in [0.25, 0.3) is 6.43 Å². The molecular weight excluding hydrogens is 192 g/mol. The average molecular weight is 203 g/mol. The highest BCUT2D eigenvalue weighted by Crippen LogP contribution is 2.28. The molecule has 0 unspecified atom stereocenters. The van der Waals surface area contributed by atoms with Gasteiger partial charge < -0.3 is 9.84 Å². The Hall–Kier alpha value is -1.23. The Morgan fingerprint density at radius 1 is 1.57 bits per heavy atom. The number of hydrogen-bond donors (Lipinski definition) is 1. The minimum Gasteiger partial charge on any atom is -0.481 e. The molecule has 0 saturated carbocycles. The summed E-state index contributed by atoms with van der Waals surface area (Å²) in [6.45, 7) is 1.33. The molecule has 5 heteroatoms. The van der Waals surface area contributed by atoms with E-state index in [1.807, 2.05) is 0 Å². The molecule has 0 amide bonds. The van der Waals surface area contributed by atoms with Gasteiger partial charge in [-0.2, -0.15) is 0 Å². The molecular formula is C9H11F2NO2. The van der Waals surface area contributed by atoms with Crippen LogP contribution in [0.3, 0.4) is 0 Å². The SMILES string of the molecule is COc1nc(C)c(CO)cc1C(F)F. The van der Waals surface area contributed by atoms with Gasteiger partial charge in [-0.3, -0.25) is 0 Å². The third-order valence-electron chi connectivity index (χ3n) is 1.91. The molecule has 0 atom stereocenters. The smallest absolute Gasteiger partial charge is 0.269 e. The summed E-state index contributed by atoms with van der Waals surface area (Å²) in [6, 6.07) is 1.21. The zero-order chi connectivity index (χ0) is 10.7. The van der Waals surface area contributed by atoms with E-state index in [9.17, 15) is 8.78 Å². The molecule has 0 saturated heterocycles. The monoisotopic (exact) mass is 203 g/mol. The highest BCUT2D eigenvalue weighted by Gasteiger charge is 2.17. The molecule has 1 N–H and O–H groups in total. The average Bonchev–Trinajstić information content (AvgIpc) is 2.16. The summed E-state index contributed by atoms with van der Waals surface area (Å²) in [7, 11) is 1.28. The predicted molar refractivity (Wildman–Crippen MR) is 46.4 cm³/mol. The molecule has 0 spiro atoms. The van der Waals surface area contributed by atoms with Crippen LogP contribution in [0.4, 0.5) is 8.78 Å². The van der Waals surface area contributed by atoms with Crippen molar-refractivity contribution < 1.29 is 18.6 Å². The summed E-state index contributed by atoms with van der Waals surface area (Å²) < 4.78 is 29.6. The van der Waals surface area contributed by atoms with Crippen LogP contribution in [0.5, 0.6) is 5.88 Å². The van der Waals surface area contributed by atoms with Crippen LogP contribution in [0, 0.1) is 6.92 Å². The number of ether oxygens (including phenoxy) is 1. The fourth-order valence-electron chi connectivity index (χ4n) is 1.12. The fourth-order valence-corrected chi connectivity index (χ4v) is 1.12. The van der Waals surface area contributed by atoms with E-state index in [1.54, 1.807) is 6.92 Å². The van der Waals surface area contributed by atoms with Gasteiger partial charge in [-0.05, 0) is 18.6 Å². The molecule has 0 bridgehead atoms. The van der Waals surface area contributed by atoms with Gasteiger partial charge in [-0.1, -0.05) is 0 Å². The van der Waals surface area contributed by atoms with Gasteiger partial charge in [0.15, 0.2) is 0 Å². The first kappa shape index (κ1) is 10.8. The van der Waals surface area contributed by atoms with Crippen LogP contribution in [0.25, 0.3) is 0 Å². The normalized spacial score (nSPS) is 10.7. The maximum absolute atomic E-state index is 12.5. The molecule has 0 radical (unpaired) electrons. The van der Waals surface area contributed by atoms with Crippen LogP contribution >= 0.6 is 0 Å². The van der Waals surface area contributed by atoms with E-state index in [-0.39, 0.29) is 18.1 Å². The molecule has 3 nitrogen and oxygen atoms in total. The van der Waals surface area contributed by atoms with Gasteiger partial charge >= 0.3 is 0 Å². The van der Waals surface area contributed by atoms with Gasteiger partial charge in [0.2, 0.25) is 5.88 Å². The molecule has 0 aromatic carbocycles. The Kier molecular flexibility index (Phi) is 3.35. The quantitative estimate of drug-likeness (QED) is 0.814. The van der Waals surface area contributed by atoms with Crippen molar-refractivity contribution in [1.29, 1.82) is 0 Å². The fraction of sp³-hybridized carbons (Fsp3) is 0.444. The number of hydrogen-bond acceptors (Lipinski definition) is 3. The van der Waals surface area contributed by atoms with Crippen molar-refractivity contribution >= 4 is 0 Å². The number of aliphatic hydroxyl groups is 1. The minimum absolute atomic E-state index is 0.0882. The lowest BCUT2D eigenvalue weighted by molar-refractivity contribution is 0.145. The molecule has 0 aliphatic rings. The molecule has 78 valence electrons. The Balaban J connectivity index is 3.25. The number of pyridine rings is 1. The van der Waals surface area contributed by atoms with Crippen molar-refractivity contribution in [2.75, 3.05) is 7.11 Å². The summed E-state index contributed by atoms with van der Waals surface area (Å²) in [5.74, 6) is -0.0882. The van der Waals surface area contributed by atoms with E-state index in [2.05, 4.69) is 4.98 Å². The zero-order valence-electron chi connectivity index (χ0n) is 7.92. The van der Waals surface area contributed by atoms with E-state index < -0.39 is 6.43 Å². The van der Waals surface area contributed by atoms with Crippen LogP contribution in [0.15, 0.2) is 6.07 Å². The number of rotatable bonds is 3. The van der Waals surface area contributed by atoms with Crippen molar-refractivity contribution in [3.8, 4) is 5.88 Å². The number of aryl methyl sites for hydroxylation is 1. The highest BCUT2D eigenvalue weighted by atomic mass is 19.3. The summed E-state index contributed by atoms with van der Waals surface area (Å²) in [6.07, 6.45) is -2.65. The van der Waals surface area contributed by atoms with Crippen molar-refractivity contribution in [2.45, 2.75) is 20.0 Å². The first-order valence-corrected chi connectivity index (χ1v) is 4.03. The standard InChI is InChI=1S/C9H11F2NO2/c1-5-6(4-13)3-7(8(10)11)9(12-5)14-2/h3,8,13H,4H2,1-2H3. The van der Waals surface area contributed by atoms with Gasteiger partial charge in [0.05, 0.1) is 19.3 Å². The molecule has 1 heterocycles. The largest absolute Gasteiger partial charge is 0.481 e. The van der Waals surface area contributed by atoms with E-state index in [1.165, 1.54) is 13.2 Å². The molecule has 1 aromatic rings. The number of halogens is 2. The summed E-state index contributed by atoms with van der Waals surface area (Å²) >= 11 is 0. The van der Waals surface area contributed by atoms with Crippen LogP contribution in [-0.4, -0.2) is 17.2 Å². The Bertz CT molecular complexity index is 329. The number of alkyl halides is 2. The lowest BCUT2D eigenvalue weighted by Crippen LogP contribution is -2.01. The van der Waals surface area contributed by atoms with Crippen LogP contribution in [0.2, 0.25) is 0 Å². The lowest BCUT2D eigenvalue weighted by Gasteiger charge is -2.10. The van der Waals surface area contributed by atoms with Crippen molar-refractivity contribution in [3.05, 3.63) is 22.9 Å². The van der Waals surface area contributed by atoms with Crippen LogP contribution in [-0.2, 0) is 6.61 Å². The van der Waals surface area contributed by atoms with E-state index in [0.29, 0.717) is 11.3 Å². The molecule has 0 aliphatic heterocycles. The molecule has 1 aromatic heterocycles. The Morgan fingerprint density at radius 2 is 2.21 bits per heavy atom. The first-order chi connectivity index (χ1) is 6.60. The number of nitrogens with zero attached hydrogens (tertiary/aromatic N) is 1. The topological polar surface area (TPSA) is 42.4 Å². The molecule has 0 aliphatic carbocycles. The van der Waals surface area contributed by atoms with Gasteiger partial charge in [-0.25, -0.2) is 13.8 Å². The van der Waals surface area contributed by atoms with Crippen molar-refractivity contribution in [2.24, 2.45) is 0 Å². The van der Waals surface area contributed by atoms with Crippen molar-refractivity contribution in [3.63, 3.8) is 0 Å². The minimum atomic E-state index is -2.65. The van der Waals surface area contributed by atoms with Gasteiger partial charge in [-0.15, -0.1) is 0 Å². The maximum atomic E-state index is 12.5. The number of aromatic nitrogens is 1. The summed E-state index contributed by atoms with van der Waals surface area (Å²) in [4.78, 5) is 3.82. The molecule has 14 heavy (non-hydrogen) atoms. The Morgan fingerprint density at radius 3 is 2.64 bits per heavy atom. The third-order valence-corrected chi connectivity index (χ3v) is 1.91. The molecule has 1 rings (SSSR count).